The SMILES string of the molecule is CCOc1cc(CNc2ncn[nH]2)ccc1OCc1ccc(C)cc1. The third-order valence-electron chi connectivity index (χ3n) is 3.70. The van der Waals surface area contributed by atoms with Crippen molar-refractivity contribution in [2.75, 3.05) is 11.9 Å². The van der Waals surface area contributed by atoms with Gasteiger partial charge < -0.3 is 14.8 Å². The number of H-pyrrole nitrogens is 1. The summed E-state index contributed by atoms with van der Waals surface area (Å²) < 4.78 is 11.7. The number of aryl methyl sites for hydroxylation is 1. The van der Waals surface area contributed by atoms with E-state index in [1.54, 1.807) is 0 Å². The number of benzene rings is 2. The van der Waals surface area contributed by atoms with Crippen molar-refractivity contribution in [1.82, 2.24) is 15.2 Å². The van der Waals surface area contributed by atoms with Crippen molar-refractivity contribution in [2.24, 2.45) is 0 Å². The van der Waals surface area contributed by atoms with E-state index in [-0.39, 0.29) is 0 Å². The highest BCUT2D eigenvalue weighted by Gasteiger charge is 2.08. The Hall–Kier alpha value is -3.02. The highest BCUT2D eigenvalue weighted by atomic mass is 16.5. The highest BCUT2D eigenvalue weighted by Crippen LogP contribution is 2.29. The smallest absolute Gasteiger partial charge is 0.218 e. The van der Waals surface area contributed by atoms with Crippen LogP contribution in [0, 0.1) is 6.92 Å². The van der Waals surface area contributed by atoms with Crippen LogP contribution in [0.15, 0.2) is 48.8 Å². The van der Waals surface area contributed by atoms with Gasteiger partial charge in [-0.1, -0.05) is 35.9 Å². The van der Waals surface area contributed by atoms with E-state index in [9.17, 15) is 0 Å². The molecule has 0 unspecified atom stereocenters. The molecule has 0 saturated carbocycles. The molecule has 2 aromatic carbocycles. The maximum atomic E-state index is 5.95. The van der Waals surface area contributed by atoms with Crippen LogP contribution in [0.1, 0.15) is 23.6 Å². The summed E-state index contributed by atoms with van der Waals surface area (Å²) in [5, 5.41) is 9.75. The standard InChI is InChI=1S/C19H22N4O2/c1-3-24-18-10-16(11-20-19-21-13-22-23-19)8-9-17(18)25-12-15-6-4-14(2)5-7-15/h4-10,13H,3,11-12H2,1-2H3,(H2,20,21,22,23). The summed E-state index contributed by atoms with van der Waals surface area (Å²) in [7, 11) is 0. The molecule has 0 spiro atoms. The lowest BCUT2D eigenvalue weighted by Crippen LogP contribution is -2.04. The number of hydrogen-bond acceptors (Lipinski definition) is 5. The number of nitrogens with one attached hydrogen (secondary N) is 2. The zero-order valence-corrected chi connectivity index (χ0v) is 14.5. The summed E-state index contributed by atoms with van der Waals surface area (Å²) in [6.07, 6.45) is 1.47. The fraction of sp³-hybridized carbons (Fsp3) is 0.263. The molecule has 6 nitrogen and oxygen atoms in total. The summed E-state index contributed by atoms with van der Waals surface area (Å²) in [5.41, 5.74) is 3.44. The number of anilines is 1. The van der Waals surface area contributed by atoms with Crippen molar-refractivity contribution in [1.29, 1.82) is 0 Å². The van der Waals surface area contributed by atoms with Gasteiger partial charge in [-0.3, -0.25) is 0 Å². The van der Waals surface area contributed by atoms with E-state index in [0.29, 0.717) is 25.7 Å². The maximum absolute atomic E-state index is 5.95. The monoisotopic (exact) mass is 338 g/mol. The fourth-order valence-electron chi connectivity index (χ4n) is 2.37. The van der Waals surface area contributed by atoms with Crippen LogP contribution in [0.3, 0.4) is 0 Å². The van der Waals surface area contributed by atoms with E-state index in [0.717, 1.165) is 22.6 Å². The molecule has 1 aromatic heterocycles. The van der Waals surface area contributed by atoms with Gasteiger partial charge in [-0.05, 0) is 37.1 Å². The Morgan fingerprint density at radius 1 is 1.00 bits per heavy atom. The van der Waals surface area contributed by atoms with Gasteiger partial charge in [-0.15, -0.1) is 0 Å². The Labute approximate surface area is 147 Å². The van der Waals surface area contributed by atoms with Gasteiger partial charge >= 0.3 is 0 Å². The Balaban J connectivity index is 1.66. The minimum absolute atomic E-state index is 0.510. The van der Waals surface area contributed by atoms with Gasteiger partial charge in [0.2, 0.25) is 5.95 Å². The molecule has 0 atom stereocenters. The van der Waals surface area contributed by atoms with Crippen LogP contribution in [-0.2, 0) is 13.2 Å². The van der Waals surface area contributed by atoms with E-state index in [2.05, 4.69) is 51.7 Å². The van der Waals surface area contributed by atoms with Gasteiger partial charge in [0.1, 0.15) is 12.9 Å². The molecular weight excluding hydrogens is 316 g/mol. The first-order valence-electron chi connectivity index (χ1n) is 8.28. The predicted octanol–water partition coefficient (Wildman–Crippen LogP) is 3.70. The maximum Gasteiger partial charge on any atom is 0.218 e. The van der Waals surface area contributed by atoms with E-state index >= 15 is 0 Å². The van der Waals surface area contributed by atoms with Crippen LogP contribution in [-0.4, -0.2) is 21.8 Å². The van der Waals surface area contributed by atoms with E-state index in [1.165, 1.54) is 11.9 Å². The molecular formula is C19H22N4O2. The average Bonchev–Trinajstić information content (AvgIpc) is 3.14. The van der Waals surface area contributed by atoms with Crippen molar-refractivity contribution in [2.45, 2.75) is 27.0 Å². The summed E-state index contributed by atoms with van der Waals surface area (Å²) >= 11 is 0. The van der Waals surface area contributed by atoms with Crippen molar-refractivity contribution >= 4 is 5.95 Å². The molecule has 0 saturated heterocycles. The van der Waals surface area contributed by atoms with Gasteiger partial charge in [0.05, 0.1) is 6.61 Å². The minimum Gasteiger partial charge on any atom is -0.490 e. The zero-order chi connectivity index (χ0) is 17.5. The molecule has 6 heteroatoms. The molecule has 3 aromatic rings. The molecule has 1 heterocycles. The molecule has 2 N–H and O–H groups in total. The van der Waals surface area contributed by atoms with Crippen molar-refractivity contribution in [3.8, 4) is 11.5 Å². The highest BCUT2D eigenvalue weighted by molar-refractivity contribution is 5.44. The minimum atomic E-state index is 0.510. The first kappa shape index (κ1) is 16.8. The van der Waals surface area contributed by atoms with Crippen LogP contribution < -0.4 is 14.8 Å². The number of nitrogens with zero attached hydrogens (tertiary/aromatic N) is 2. The third kappa shape index (κ3) is 4.73. The molecule has 0 aliphatic carbocycles. The molecule has 0 fully saturated rings. The Kier molecular flexibility index (Phi) is 5.51. The van der Waals surface area contributed by atoms with Crippen LogP contribution >= 0.6 is 0 Å². The summed E-state index contributed by atoms with van der Waals surface area (Å²) in [4.78, 5) is 4.04. The number of ether oxygens (including phenoxy) is 2. The van der Waals surface area contributed by atoms with Crippen molar-refractivity contribution < 1.29 is 9.47 Å². The normalized spacial score (nSPS) is 10.5. The fourth-order valence-corrected chi connectivity index (χ4v) is 2.37. The Morgan fingerprint density at radius 3 is 2.52 bits per heavy atom. The van der Waals surface area contributed by atoms with E-state index < -0.39 is 0 Å². The molecule has 130 valence electrons. The summed E-state index contributed by atoms with van der Waals surface area (Å²) in [6, 6.07) is 14.3. The number of rotatable bonds is 8. The number of aromatic nitrogens is 3. The van der Waals surface area contributed by atoms with Crippen LogP contribution in [0.2, 0.25) is 0 Å². The predicted molar refractivity (Wildman–Crippen MR) is 96.8 cm³/mol. The molecule has 0 bridgehead atoms. The van der Waals surface area contributed by atoms with E-state index in [1.807, 2.05) is 25.1 Å². The topological polar surface area (TPSA) is 72.1 Å². The van der Waals surface area contributed by atoms with Crippen molar-refractivity contribution in [3.05, 3.63) is 65.5 Å². The second-order valence-corrected chi connectivity index (χ2v) is 5.68. The van der Waals surface area contributed by atoms with Crippen LogP contribution in [0.5, 0.6) is 11.5 Å². The first-order chi connectivity index (χ1) is 12.2. The average molecular weight is 338 g/mol. The second-order valence-electron chi connectivity index (χ2n) is 5.68. The molecule has 0 amide bonds. The largest absolute Gasteiger partial charge is 0.490 e. The summed E-state index contributed by atoms with van der Waals surface area (Å²) in [5.74, 6) is 2.12. The van der Waals surface area contributed by atoms with Gasteiger partial charge in [0.15, 0.2) is 11.5 Å². The lowest BCUT2D eigenvalue weighted by atomic mass is 10.1. The molecule has 0 radical (unpaired) electrons. The third-order valence-corrected chi connectivity index (χ3v) is 3.70. The zero-order valence-electron chi connectivity index (χ0n) is 14.5. The lowest BCUT2D eigenvalue weighted by Gasteiger charge is -2.14. The number of aromatic amines is 1. The molecule has 25 heavy (non-hydrogen) atoms. The van der Waals surface area contributed by atoms with Gasteiger partial charge in [-0.2, -0.15) is 5.10 Å². The summed E-state index contributed by atoms with van der Waals surface area (Å²) in [6.45, 7) is 5.75. The second kappa shape index (κ2) is 8.19. The van der Waals surface area contributed by atoms with Gasteiger partial charge in [0.25, 0.3) is 0 Å². The van der Waals surface area contributed by atoms with Gasteiger partial charge in [-0.25, -0.2) is 10.1 Å². The molecule has 0 aliphatic rings. The first-order valence-corrected chi connectivity index (χ1v) is 8.28. The van der Waals surface area contributed by atoms with Crippen LogP contribution in [0.25, 0.3) is 0 Å². The van der Waals surface area contributed by atoms with E-state index in [4.69, 9.17) is 9.47 Å². The van der Waals surface area contributed by atoms with Crippen LogP contribution in [0.4, 0.5) is 5.95 Å². The Bertz CT molecular complexity index is 786. The molecule has 3 rings (SSSR count). The molecule has 0 aliphatic heterocycles. The van der Waals surface area contributed by atoms with Gasteiger partial charge in [0, 0.05) is 6.54 Å². The quantitative estimate of drug-likeness (QED) is 0.655. The number of hydrogen-bond donors (Lipinski definition) is 2. The Morgan fingerprint density at radius 2 is 1.80 bits per heavy atom. The van der Waals surface area contributed by atoms with Crippen molar-refractivity contribution in [3.63, 3.8) is 0 Å². The lowest BCUT2D eigenvalue weighted by molar-refractivity contribution is 0.269.